The Morgan fingerprint density at radius 2 is 2.27 bits per heavy atom. The minimum Gasteiger partial charge on any atom is -0.369 e. The number of carbonyl (C=O) groups excluding carboxylic acids is 1. The molecule has 4 N–H and O–H groups in total. The molecule has 0 radical (unpaired) electrons. The third kappa shape index (κ3) is 1.17. The maximum absolute atomic E-state index is 10.8. The van der Waals surface area contributed by atoms with Gasteiger partial charge in [-0.05, 0) is 0 Å². The number of rotatable bonds is 1. The number of hydrogen-bond acceptors (Lipinski definition) is 5. The fraction of sp³-hybridized carbons (Fsp3) is 0.600. The predicted octanol–water partition coefficient (Wildman–Crippen LogP) is -2.55. The van der Waals surface area contributed by atoms with Crippen LogP contribution in [-0.4, -0.2) is 46.4 Å². The maximum Gasteiger partial charge on any atom is 0.276 e. The van der Waals surface area contributed by atoms with Gasteiger partial charge in [-0.25, -0.2) is 0 Å². The van der Waals surface area contributed by atoms with Gasteiger partial charge in [-0.15, -0.1) is 0 Å². The van der Waals surface area contributed by atoms with E-state index in [4.69, 9.17) is 15.9 Å². The van der Waals surface area contributed by atoms with Crippen molar-refractivity contribution >= 4 is 11.9 Å². The summed E-state index contributed by atoms with van der Waals surface area (Å²) in [6.07, 6.45) is -1.74. The Labute approximate surface area is 62.9 Å². The van der Waals surface area contributed by atoms with Gasteiger partial charge in [0.2, 0.25) is 0 Å². The standard InChI is InChI=1S/C5H9N3O3/c1-8-2(4(10)11)3(9)7-5(8)6/h2,4,10-11H,1H3,(H2,6,7,9). The number of hydrogen-bond donors (Lipinski definition) is 3. The SMILES string of the molecule is CN1C(N)=NC(=O)C1C(O)O. The summed E-state index contributed by atoms with van der Waals surface area (Å²) in [5.41, 5.74) is 5.23. The van der Waals surface area contributed by atoms with E-state index in [1.54, 1.807) is 0 Å². The van der Waals surface area contributed by atoms with Crippen LogP contribution < -0.4 is 5.73 Å². The van der Waals surface area contributed by atoms with Crippen LogP contribution in [-0.2, 0) is 4.79 Å². The Bertz CT molecular complexity index is 213. The van der Waals surface area contributed by atoms with Gasteiger partial charge in [0, 0.05) is 7.05 Å². The van der Waals surface area contributed by atoms with Crippen molar-refractivity contribution < 1.29 is 15.0 Å². The van der Waals surface area contributed by atoms with E-state index in [9.17, 15) is 4.79 Å². The van der Waals surface area contributed by atoms with Gasteiger partial charge in [-0.2, -0.15) is 4.99 Å². The summed E-state index contributed by atoms with van der Waals surface area (Å²) in [7, 11) is 1.47. The van der Waals surface area contributed by atoms with Crippen LogP contribution in [0.2, 0.25) is 0 Å². The van der Waals surface area contributed by atoms with Crippen LogP contribution in [0.15, 0.2) is 4.99 Å². The Kier molecular flexibility index (Phi) is 1.79. The number of aliphatic hydroxyl groups is 2. The highest BCUT2D eigenvalue weighted by atomic mass is 16.5. The van der Waals surface area contributed by atoms with E-state index >= 15 is 0 Å². The van der Waals surface area contributed by atoms with Crippen LogP contribution in [0.3, 0.4) is 0 Å². The third-order valence-corrected chi connectivity index (χ3v) is 1.54. The Morgan fingerprint density at radius 1 is 1.73 bits per heavy atom. The molecule has 0 spiro atoms. The molecular weight excluding hydrogens is 150 g/mol. The zero-order chi connectivity index (χ0) is 8.59. The van der Waals surface area contributed by atoms with E-state index in [2.05, 4.69) is 4.99 Å². The number of nitrogens with two attached hydrogens (primary N) is 1. The van der Waals surface area contributed by atoms with E-state index in [0.717, 1.165) is 0 Å². The molecule has 0 bridgehead atoms. The van der Waals surface area contributed by atoms with Crippen molar-refractivity contribution in [3.8, 4) is 0 Å². The molecular formula is C5H9N3O3. The summed E-state index contributed by atoms with van der Waals surface area (Å²) in [4.78, 5) is 15.4. The third-order valence-electron chi connectivity index (χ3n) is 1.54. The normalized spacial score (nSPS) is 24.7. The highest BCUT2D eigenvalue weighted by Gasteiger charge is 2.35. The zero-order valence-corrected chi connectivity index (χ0v) is 5.93. The molecule has 62 valence electrons. The predicted molar refractivity (Wildman–Crippen MR) is 36.4 cm³/mol. The quantitative estimate of drug-likeness (QED) is 0.366. The molecule has 1 rings (SSSR count). The Hall–Kier alpha value is -1.14. The van der Waals surface area contributed by atoms with E-state index in [0.29, 0.717) is 0 Å². The van der Waals surface area contributed by atoms with Gasteiger partial charge in [0.15, 0.2) is 18.3 Å². The molecule has 1 aliphatic heterocycles. The number of carbonyl (C=O) groups is 1. The first-order valence-electron chi connectivity index (χ1n) is 3.01. The average molecular weight is 159 g/mol. The molecule has 1 atom stereocenters. The minimum atomic E-state index is -1.74. The molecule has 1 heterocycles. The first-order valence-corrected chi connectivity index (χ1v) is 3.01. The molecule has 0 saturated heterocycles. The fourth-order valence-electron chi connectivity index (χ4n) is 0.894. The second-order valence-electron chi connectivity index (χ2n) is 2.28. The number of aliphatic hydroxyl groups excluding tert-OH is 1. The smallest absolute Gasteiger partial charge is 0.276 e. The molecule has 1 unspecified atom stereocenters. The summed E-state index contributed by atoms with van der Waals surface area (Å²) in [5.74, 6) is -0.617. The molecule has 0 aliphatic carbocycles. The maximum atomic E-state index is 10.8. The van der Waals surface area contributed by atoms with Crippen molar-refractivity contribution in [3.05, 3.63) is 0 Å². The van der Waals surface area contributed by atoms with Gasteiger partial charge in [0.25, 0.3) is 5.91 Å². The van der Waals surface area contributed by atoms with Crippen LogP contribution >= 0.6 is 0 Å². The number of nitrogens with zero attached hydrogens (tertiary/aromatic N) is 2. The molecule has 0 fully saturated rings. The second kappa shape index (κ2) is 2.48. The van der Waals surface area contributed by atoms with Crippen LogP contribution in [0.5, 0.6) is 0 Å². The summed E-state index contributed by atoms with van der Waals surface area (Å²) >= 11 is 0. The lowest BCUT2D eigenvalue weighted by atomic mass is 10.3. The Morgan fingerprint density at radius 3 is 2.45 bits per heavy atom. The van der Waals surface area contributed by atoms with Crippen LogP contribution in [0, 0.1) is 0 Å². The van der Waals surface area contributed by atoms with E-state index in [1.165, 1.54) is 11.9 Å². The lowest BCUT2D eigenvalue weighted by molar-refractivity contribution is -0.135. The molecule has 1 amide bonds. The molecule has 0 saturated carbocycles. The molecule has 0 aromatic heterocycles. The summed E-state index contributed by atoms with van der Waals surface area (Å²) in [6.45, 7) is 0. The largest absolute Gasteiger partial charge is 0.369 e. The number of amides is 1. The van der Waals surface area contributed by atoms with Gasteiger partial charge < -0.3 is 20.8 Å². The van der Waals surface area contributed by atoms with Crippen molar-refractivity contribution in [2.45, 2.75) is 12.3 Å². The van der Waals surface area contributed by atoms with Gasteiger partial charge in [0.1, 0.15) is 0 Å². The fourth-order valence-corrected chi connectivity index (χ4v) is 0.894. The van der Waals surface area contributed by atoms with Crippen molar-refractivity contribution in [2.75, 3.05) is 7.05 Å². The van der Waals surface area contributed by atoms with Crippen LogP contribution in [0.4, 0.5) is 0 Å². The summed E-state index contributed by atoms with van der Waals surface area (Å²) in [6, 6.07) is -1.05. The van der Waals surface area contributed by atoms with Crippen molar-refractivity contribution in [2.24, 2.45) is 10.7 Å². The Balaban J connectivity index is 2.80. The number of likely N-dealkylation sites (N-methyl/N-ethyl adjacent to an activating group) is 1. The van der Waals surface area contributed by atoms with Crippen molar-refractivity contribution in [3.63, 3.8) is 0 Å². The summed E-state index contributed by atoms with van der Waals surface area (Å²) < 4.78 is 0. The molecule has 11 heavy (non-hydrogen) atoms. The molecule has 0 aromatic carbocycles. The highest BCUT2D eigenvalue weighted by Crippen LogP contribution is 2.09. The first-order chi connectivity index (χ1) is 5.04. The molecule has 6 nitrogen and oxygen atoms in total. The van der Waals surface area contributed by atoms with Crippen molar-refractivity contribution in [1.82, 2.24) is 4.90 Å². The first kappa shape index (κ1) is 7.96. The topological polar surface area (TPSA) is 99.2 Å². The second-order valence-corrected chi connectivity index (χ2v) is 2.28. The summed E-state index contributed by atoms with van der Waals surface area (Å²) in [5, 5.41) is 17.3. The van der Waals surface area contributed by atoms with E-state index < -0.39 is 18.2 Å². The lowest BCUT2D eigenvalue weighted by Crippen LogP contribution is -2.45. The molecule has 6 heteroatoms. The number of guanidine groups is 1. The van der Waals surface area contributed by atoms with E-state index in [1.807, 2.05) is 0 Å². The monoisotopic (exact) mass is 159 g/mol. The van der Waals surface area contributed by atoms with E-state index in [-0.39, 0.29) is 5.96 Å². The van der Waals surface area contributed by atoms with Gasteiger partial charge >= 0.3 is 0 Å². The van der Waals surface area contributed by atoms with Gasteiger partial charge in [-0.3, -0.25) is 4.79 Å². The molecule has 1 aliphatic rings. The molecule has 0 aromatic rings. The van der Waals surface area contributed by atoms with Crippen LogP contribution in [0.25, 0.3) is 0 Å². The van der Waals surface area contributed by atoms with Crippen LogP contribution in [0.1, 0.15) is 0 Å². The highest BCUT2D eigenvalue weighted by molar-refractivity contribution is 6.02. The van der Waals surface area contributed by atoms with Crippen molar-refractivity contribution in [1.29, 1.82) is 0 Å². The number of aliphatic imine (C=N–C) groups is 1. The van der Waals surface area contributed by atoms with Gasteiger partial charge in [-0.1, -0.05) is 0 Å². The minimum absolute atomic E-state index is 0.00750. The average Bonchev–Trinajstić information content (AvgIpc) is 2.07. The van der Waals surface area contributed by atoms with Gasteiger partial charge in [0.05, 0.1) is 0 Å². The lowest BCUT2D eigenvalue weighted by Gasteiger charge is -2.20. The zero-order valence-electron chi connectivity index (χ0n) is 5.93.